The van der Waals surface area contributed by atoms with Crippen molar-refractivity contribution in [2.75, 3.05) is 23.8 Å². The molecule has 0 unspecified atom stereocenters. The van der Waals surface area contributed by atoms with Crippen molar-refractivity contribution in [1.82, 2.24) is 0 Å². The van der Waals surface area contributed by atoms with E-state index in [9.17, 15) is 4.79 Å². The van der Waals surface area contributed by atoms with Crippen LogP contribution in [0.3, 0.4) is 0 Å². The van der Waals surface area contributed by atoms with Crippen LogP contribution in [0.1, 0.15) is 10.4 Å². The Hall–Kier alpha value is -2.01. The number of ether oxygens (including phenoxy) is 1. The minimum atomic E-state index is -0.112. The van der Waals surface area contributed by atoms with Gasteiger partial charge in [-0.1, -0.05) is 28.1 Å². The van der Waals surface area contributed by atoms with Crippen molar-refractivity contribution in [1.29, 1.82) is 0 Å². The second-order valence-corrected chi connectivity index (χ2v) is 5.42. The molecule has 2 N–H and O–H groups in total. The summed E-state index contributed by atoms with van der Waals surface area (Å²) >= 11 is 3.37. The summed E-state index contributed by atoms with van der Waals surface area (Å²) in [4.78, 5) is 14.4. The van der Waals surface area contributed by atoms with E-state index >= 15 is 0 Å². The summed E-state index contributed by atoms with van der Waals surface area (Å²) in [5.41, 5.74) is 7.67. The molecule has 1 aliphatic heterocycles. The van der Waals surface area contributed by atoms with Crippen molar-refractivity contribution in [3.63, 3.8) is 0 Å². The zero-order valence-electron chi connectivity index (χ0n) is 10.7. The number of rotatable bonds is 1. The van der Waals surface area contributed by atoms with Crippen molar-refractivity contribution in [3.8, 4) is 5.75 Å². The van der Waals surface area contributed by atoms with Crippen molar-refractivity contribution in [3.05, 3.63) is 52.5 Å². The van der Waals surface area contributed by atoms with E-state index in [-0.39, 0.29) is 5.91 Å². The highest BCUT2D eigenvalue weighted by Gasteiger charge is 2.25. The average molecular weight is 333 g/mol. The Morgan fingerprint density at radius 3 is 2.90 bits per heavy atom. The number of nitrogen functional groups attached to an aromatic ring is 1. The van der Waals surface area contributed by atoms with Gasteiger partial charge in [0.25, 0.3) is 5.91 Å². The molecule has 2 aromatic rings. The normalized spacial score (nSPS) is 13.6. The topological polar surface area (TPSA) is 55.6 Å². The molecule has 2 aromatic carbocycles. The molecule has 0 saturated carbocycles. The fourth-order valence-corrected chi connectivity index (χ4v) is 2.60. The fraction of sp³-hybridized carbons (Fsp3) is 0.133. The molecule has 20 heavy (non-hydrogen) atoms. The molecule has 4 nitrogen and oxygen atoms in total. The number of fused-ring (bicyclic) bond motifs is 1. The van der Waals surface area contributed by atoms with Gasteiger partial charge >= 0.3 is 0 Å². The Labute approximate surface area is 125 Å². The van der Waals surface area contributed by atoms with Crippen LogP contribution in [0.25, 0.3) is 0 Å². The maximum absolute atomic E-state index is 12.7. The van der Waals surface area contributed by atoms with Crippen LogP contribution in [0.4, 0.5) is 11.4 Å². The van der Waals surface area contributed by atoms with E-state index in [4.69, 9.17) is 10.5 Å². The Morgan fingerprint density at radius 2 is 2.05 bits per heavy atom. The van der Waals surface area contributed by atoms with Gasteiger partial charge < -0.3 is 15.4 Å². The molecule has 0 bridgehead atoms. The SMILES string of the molecule is Nc1ccc(Br)cc1C(=O)N1CCOc2ccccc21. The highest BCUT2D eigenvalue weighted by Crippen LogP contribution is 2.33. The van der Waals surface area contributed by atoms with Crippen LogP contribution < -0.4 is 15.4 Å². The monoisotopic (exact) mass is 332 g/mol. The Morgan fingerprint density at radius 1 is 1.25 bits per heavy atom. The third kappa shape index (κ3) is 2.25. The van der Waals surface area contributed by atoms with Crippen LogP contribution in [0.5, 0.6) is 5.75 Å². The summed E-state index contributed by atoms with van der Waals surface area (Å²) < 4.78 is 6.39. The standard InChI is InChI=1S/C15H13BrN2O2/c16-10-5-6-12(17)11(9-10)15(19)18-7-8-20-14-4-2-1-3-13(14)18/h1-6,9H,7-8,17H2. The van der Waals surface area contributed by atoms with E-state index in [0.717, 1.165) is 15.9 Å². The molecule has 102 valence electrons. The summed E-state index contributed by atoms with van der Waals surface area (Å²) in [6, 6.07) is 12.8. The lowest BCUT2D eigenvalue weighted by Gasteiger charge is -2.29. The Kier molecular flexibility index (Phi) is 3.36. The number of carbonyl (C=O) groups is 1. The third-order valence-electron chi connectivity index (χ3n) is 3.22. The minimum Gasteiger partial charge on any atom is -0.490 e. The van der Waals surface area contributed by atoms with E-state index in [2.05, 4.69) is 15.9 Å². The number of hydrogen-bond acceptors (Lipinski definition) is 3. The molecular formula is C15H13BrN2O2. The number of halogens is 1. The van der Waals surface area contributed by atoms with E-state index in [1.54, 1.807) is 17.0 Å². The van der Waals surface area contributed by atoms with E-state index in [0.29, 0.717) is 24.4 Å². The molecule has 0 atom stereocenters. The number of amides is 1. The molecule has 0 spiro atoms. The largest absolute Gasteiger partial charge is 0.490 e. The van der Waals surface area contributed by atoms with Gasteiger partial charge in [-0.15, -0.1) is 0 Å². The molecule has 0 aliphatic carbocycles. The maximum Gasteiger partial charge on any atom is 0.260 e. The fourth-order valence-electron chi connectivity index (χ4n) is 2.24. The summed E-state index contributed by atoms with van der Waals surface area (Å²) in [5.74, 6) is 0.611. The van der Waals surface area contributed by atoms with Gasteiger partial charge in [0, 0.05) is 10.2 Å². The van der Waals surface area contributed by atoms with Crippen LogP contribution in [0.2, 0.25) is 0 Å². The first kappa shape index (κ1) is 13.0. The van der Waals surface area contributed by atoms with Crippen LogP contribution >= 0.6 is 15.9 Å². The number of anilines is 2. The summed E-state index contributed by atoms with van der Waals surface area (Å²) in [6.07, 6.45) is 0. The molecule has 1 amide bonds. The van der Waals surface area contributed by atoms with Crippen LogP contribution in [-0.4, -0.2) is 19.1 Å². The summed E-state index contributed by atoms with van der Waals surface area (Å²) in [6.45, 7) is 0.998. The first-order chi connectivity index (χ1) is 9.66. The third-order valence-corrected chi connectivity index (χ3v) is 3.71. The van der Waals surface area contributed by atoms with Crippen molar-refractivity contribution in [2.24, 2.45) is 0 Å². The number of para-hydroxylation sites is 2. The van der Waals surface area contributed by atoms with Gasteiger partial charge in [-0.05, 0) is 30.3 Å². The Balaban J connectivity index is 2.02. The van der Waals surface area contributed by atoms with Crippen molar-refractivity contribution >= 4 is 33.2 Å². The second-order valence-electron chi connectivity index (χ2n) is 4.50. The maximum atomic E-state index is 12.7. The molecule has 0 radical (unpaired) electrons. The van der Waals surface area contributed by atoms with Gasteiger partial charge in [0.15, 0.2) is 0 Å². The number of carbonyl (C=O) groups excluding carboxylic acids is 1. The lowest BCUT2D eigenvalue weighted by molar-refractivity contribution is 0.0977. The first-order valence-corrected chi connectivity index (χ1v) is 7.05. The molecule has 1 aliphatic rings. The van der Waals surface area contributed by atoms with Gasteiger partial charge in [-0.2, -0.15) is 0 Å². The van der Waals surface area contributed by atoms with Gasteiger partial charge in [-0.25, -0.2) is 0 Å². The number of benzene rings is 2. The molecule has 1 heterocycles. The molecule has 5 heteroatoms. The van der Waals surface area contributed by atoms with Crippen LogP contribution in [0, 0.1) is 0 Å². The van der Waals surface area contributed by atoms with E-state index < -0.39 is 0 Å². The second kappa shape index (κ2) is 5.17. The zero-order chi connectivity index (χ0) is 14.1. The molecule has 0 fully saturated rings. The zero-order valence-corrected chi connectivity index (χ0v) is 12.3. The summed E-state index contributed by atoms with van der Waals surface area (Å²) in [7, 11) is 0. The lowest BCUT2D eigenvalue weighted by atomic mass is 10.1. The van der Waals surface area contributed by atoms with Crippen LogP contribution in [-0.2, 0) is 0 Å². The quantitative estimate of drug-likeness (QED) is 0.816. The highest BCUT2D eigenvalue weighted by atomic mass is 79.9. The van der Waals surface area contributed by atoms with Gasteiger partial charge in [0.1, 0.15) is 12.4 Å². The first-order valence-electron chi connectivity index (χ1n) is 6.25. The van der Waals surface area contributed by atoms with Gasteiger partial charge in [0.05, 0.1) is 17.8 Å². The van der Waals surface area contributed by atoms with E-state index in [1.165, 1.54) is 0 Å². The van der Waals surface area contributed by atoms with Crippen LogP contribution in [0.15, 0.2) is 46.9 Å². The van der Waals surface area contributed by atoms with Gasteiger partial charge in [-0.3, -0.25) is 4.79 Å². The number of nitrogens with two attached hydrogens (primary N) is 1. The Bertz CT molecular complexity index is 673. The van der Waals surface area contributed by atoms with Crippen molar-refractivity contribution in [2.45, 2.75) is 0 Å². The summed E-state index contributed by atoms with van der Waals surface area (Å²) in [5, 5.41) is 0. The highest BCUT2D eigenvalue weighted by molar-refractivity contribution is 9.10. The van der Waals surface area contributed by atoms with Gasteiger partial charge in [0.2, 0.25) is 0 Å². The molecule has 3 rings (SSSR count). The number of hydrogen-bond donors (Lipinski definition) is 1. The molecular weight excluding hydrogens is 320 g/mol. The van der Waals surface area contributed by atoms with Crippen molar-refractivity contribution < 1.29 is 9.53 Å². The smallest absolute Gasteiger partial charge is 0.260 e. The lowest BCUT2D eigenvalue weighted by Crippen LogP contribution is -2.38. The average Bonchev–Trinajstić information content (AvgIpc) is 2.48. The molecule has 0 saturated heterocycles. The minimum absolute atomic E-state index is 0.112. The van der Waals surface area contributed by atoms with E-state index in [1.807, 2.05) is 30.3 Å². The predicted molar refractivity (Wildman–Crippen MR) is 82.2 cm³/mol. The predicted octanol–water partition coefficient (Wildman–Crippen LogP) is 3.07. The number of nitrogens with zero attached hydrogens (tertiary/aromatic N) is 1. The molecule has 0 aromatic heterocycles.